The largest absolute Gasteiger partial charge is 0.493 e. The van der Waals surface area contributed by atoms with Crippen LogP contribution in [0.15, 0.2) is 48.5 Å². The molecule has 0 bridgehead atoms. The summed E-state index contributed by atoms with van der Waals surface area (Å²) in [6, 6.07) is 13.4. The van der Waals surface area contributed by atoms with Gasteiger partial charge in [0.2, 0.25) is 0 Å². The van der Waals surface area contributed by atoms with E-state index in [9.17, 15) is 4.79 Å². The highest BCUT2D eigenvalue weighted by atomic mass is 32.1. The van der Waals surface area contributed by atoms with Crippen LogP contribution in [0, 0.1) is 0 Å². The lowest BCUT2D eigenvalue weighted by molar-refractivity contribution is -0.114. The van der Waals surface area contributed by atoms with E-state index >= 15 is 0 Å². The SMILES string of the molecule is CCOc1ccc(/C=C/C(=O)N(CCOC)c2nc3ccccc3s2)cc1OC. The summed E-state index contributed by atoms with van der Waals surface area (Å²) < 4.78 is 17.1. The number of fused-ring (bicyclic) bond motifs is 1. The fourth-order valence-corrected chi connectivity index (χ4v) is 3.78. The Hall–Kier alpha value is -2.90. The normalized spacial score (nSPS) is 11.1. The van der Waals surface area contributed by atoms with Gasteiger partial charge in [0.15, 0.2) is 16.6 Å². The average Bonchev–Trinajstić information content (AvgIpc) is 3.17. The van der Waals surface area contributed by atoms with Gasteiger partial charge < -0.3 is 14.2 Å². The Kier molecular flexibility index (Phi) is 7.21. The van der Waals surface area contributed by atoms with Crippen molar-refractivity contribution >= 4 is 38.7 Å². The van der Waals surface area contributed by atoms with Gasteiger partial charge in [-0.1, -0.05) is 29.5 Å². The number of rotatable bonds is 9. The molecule has 0 saturated heterocycles. The van der Waals surface area contributed by atoms with Crippen molar-refractivity contribution in [2.75, 3.05) is 38.9 Å². The number of aromatic nitrogens is 1. The van der Waals surface area contributed by atoms with Crippen molar-refractivity contribution in [3.8, 4) is 11.5 Å². The molecule has 29 heavy (non-hydrogen) atoms. The van der Waals surface area contributed by atoms with Crippen molar-refractivity contribution in [1.29, 1.82) is 0 Å². The van der Waals surface area contributed by atoms with Crippen molar-refractivity contribution in [2.24, 2.45) is 0 Å². The smallest absolute Gasteiger partial charge is 0.252 e. The molecule has 0 saturated carbocycles. The van der Waals surface area contributed by atoms with E-state index in [-0.39, 0.29) is 5.91 Å². The second-order valence-corrected chi connectivity index (χ2v) is 7.13. The van der Waals surface area contributed by atoms with Crippen LogP contribution in [0.2, 0.25) is 0 Å². The summed E-state index contributed by atoms with van der Waals surface area (Å²) in [5.41, 5.74) is 1.72. The molecule has 1 aromatic heterocycles. The van der Waals surface area contributed by atoms with Gasteiger partial charge in [0.1, 0.15) is 0 Å². The molecule has 0 N–H and O–H groups in total. The zero-order chi connectivity index (χ0) is 20.6. The van der Waals surface area contributed by atoms with E-state index in [2.05, 4.69) is 4.98 Å². The monoisotopic (exact) mass is 412 g/mol. The van der Waals surface area contributed by atoms with Crippen molar-refractivity contribution < 1.29 is 19.0 Å². The molecular weight excluding hydrogens is 388 g/mol. The quantitative estimate of drug-likeness (QED) is 0.488. The summed E-state index contributed by atoms with van der Waals surface area (Å²) in [5, 5.41) is 0.655. The molecule has 3 rings (SSSR count). The number of methoxy groups -OCH3 is 2. The summed E-state index contributed by atoms with van der Waals surface area (Å²) in [6.07, 6.45) is 3.30. The Bertz CT molecular complexity index is 966. The van der Waals surface area contributed by atoms with Gasteiger partial charge >= 0.3 is 0 Å². The molecule has 1 heterocycles. The van der Waals surface area contributed by atoms with Gasteiger partial charge in [-0.25, -0.2) is 4.98 Å². The fourth-order valence-electron chi connectivity index (χ4n) is 2.78. The minimum Gasteiger partial charge on any atom is -0.493 e. The Morgan fingerprint density at radius 2 is 2.00 bits per heavy atom. The Balaban J connectivity index is 1.82. The zero-order valence-corrected chi connectivity index (χ0v) is 17.6. The summed E-state index contributed by atoms with van der Waals surface area (Å²) in [5.74, 6) is 1.15. The van der Waals surface area contributed by atoms with E-state index in [1.54, 1.807) is 25.2 Å². The molecule has 0 aliphatic rings. The maximum atomic E-state index is 12.9. The second-order valence-electron chi connectivity index (χ2n) is 6.12. The Morgan fingerprint density at radius 3 is 2.72 bits per heavy atom. The number of carbonyl (C=O) groups excluding carboxylic acids is 1. The van der Waals surface area contributed by atoms with Gasteiger partial charge in [0.25, 0.3) is 5.91 Å². The third kappa shape index (κ3) is 5.13. The molecule has 3 aromatic rings. The molecule has 1 amide bonds. The Labute approximate surface area is 174 Å². The fraction of sp³-hybridized carbons (Fsp3) is 0.273. The molecule has 0 aliphatic heterocycles. The highest BCUT2D eigenvalue weighted by molar-refractivity contribution is 7.22. The van der Waals surface area contributed by atoms with Gasteiger partial charge in [-0.05, 0) is 42.8 Å². The lowest BCUT2D eigenvalue weighted by Crippen LogP contribution is -2.32. The van der Waals surface area contributed by atoms with E-state index in [0.29, 0.717) is 36.4 Å². The van der Waals surface area contributed by atoms with Gasteiger partial charge in [-0.15, -0.1) is 0 Å². The predicted molar refractivity (Wildman–Crippen MR) is 117 cm³/mol. The topological polar surface area (TPSA) is 60.9 Å². The number of benzene rings is 2. The molecule has 0 aliphatic carbocycles. The van der Waals surface area contributed by atoms with Crippen molar-refractivity contribution in [3.63, 3.8) is 0 Å². The van der Waals surface area contributed by atoms with Gasteiger partial charge in [-0.2, -0.15) is 0 Å². The molecule has 7 heteroatoms. The number of ether oxygens (including phenoxy) is 3. The molecule has 152 valence electrons. The van der Waals surface area contributed by atoms with E-state index in [0.717, 1.165) is 15.8 Å². The summed E-state index contributed by atoms with van der Waals surface area (Å²) in [7, 11) is 3.21. The number of para-hydroxylation sites is 1. The summed E-state index contributed by atoms with van der Waals surface area (Å²) in [6.45, 7) is 3.32. The highest BCUT2D eigenvalue weighted by Gasteiger charge is 2.17. The molecule has 0 unspecified atom stereocenters. The van der Waals surface area contributed by atoms with Crippen LogP contribution in [0.5, 0.6) is 11.5 Å². The van der Waals surface area contributed by atoms with Gasteiger partial charge in [0.05, 0.1) is 37.1 Å². The molecule has 2 aromatic carbocycles. The van der Waals surface area contributed by atoms with Crippen LogP contribution in [-0.2, 0) is 9.53 Å². The number of anilines is 1. The maximum Gasteiger partial charge on any atom is 0.252 e. The van der Waals surface area contributed by atoms with E-state index < -0.39 is 0 Å². The van der Waals surface area contributed by atoms with Crippen LogP contribution >= 0.6 is 11.3 Å². The van der Waals surface area contributed by atoms with Crippen LogP contribution < -0.4 is 14.4 Å². The third-order valence-corrected chi connectivity index (χ3v) is 5.26. The number of hydrogen-bond acceptors (Lipinski definition) is 6. The van der Waals surface area contributed by atoms with Gasteiger partial charge in [-0.3, -0.25) is 9.69 Å². The van der Waals surface area contributed by atoms with E-state index in [1.165, 1.54) is 17.4 Å². The molecular formula is C22H24N2O4S. The third-order valence-electron chi connectivity index (χ3n) is 4.20. The minimum absolute atomic E-state index is 0.158. The molecule has 0 spiro atoms. The second kappa shape index (κ2) is 10.0. The summed E-state index contributed by atoms with van der Waals surface area (Å²) in [4.78, 5) is 19.2. The maximum absolute atomic E-state index is 12.9. The molecule has 0 fully saturated rings. The average molecular weight is 413 g/mol. The van der Waals surface area contributed by atoms with Crippen LogP contribution in [-0.4, -0.2) is 44.9 Å². The highest BCUT2D eigenvalue weighted by Crippen LogP contribution is 2.30. The van der Waals surface area contributed by atoms with Crippen LogP contribution in [0.3, 0.4) is 0 Å². The Morgan fingerprint density at radius 1 is 1.17 bits per heavy atom. The van der Waals surface area contributed by atoms with Crippen molar-refractivity contribution in [3.05, 3.63) is 54.1 Å². The lowest BCUT2D eigenvalue weighted by Gasteiger charge is -2.17. The molecule has 0 radical (unpaired) electrons. The standard InChI is InChI=1S/C22H24N2O4S/c1-4-28-18-11-9-16(15-19(18)27-3)10-12-21(25)24(13-14-26-2)22-23-17-7-5-6-8-20(17)29-22/h5-12,15H,4,13-14H2,1-3H3/b12-10+. The first-order valence-corrected chi connectivity index (χ1v) is 10.1. The minimum atomic E-state index is -0.158. The molecule has 6 nitrogen and oxygen atoms in total. The first-order chi connectivity index (χ1) is 14.2. The van der Waals surface area contributed by atoms with Crippen LogP contribution in [0.1, 0.15) is 12.5 Å². The number of thiazole rings is 1. The van der Waals surface area contributed by atoms with E-state index in [4.69, 9.17) is 14.2 Å². The first kappa shape index (κ1) is 20.8. The van der Waals surface area contributed by atoms with Crippen molar-refractivity contribution in [2.45, 2.75) is 6.92 Å². The van der Waals surface area contributed by atoms with Crippen LogP contribution in [0.25, 0.3) is 16.3 Å². The summed E-state index contributed by atoms with van der Waals surface area (Å²) >= 11 is 1.49. The number of hydrogen-bond donors (Lipinski definition) is 0. The first-order valence-electron chi connectivity index (χ1n) is 9.31. The number of carbonyl (C=O) groups is 1. The van der Waals surface area contributed by atoms with Gasteiger partial charge in [0, 0.05) is 13.2 Å². The lowest BCUT2D eigenvalue weighted by atomic mass is 10.2. The molecule has 0 atom stereocenters. The van der Waals surface area contributed by atoms with E-state index in [1.807, 2.05) is 49.4 Å². The predicted octanol–water partition coefficient (Wildman–Crippen LogP) is 4.40. The number of nitrogens with zero attached hydrogens (tertiary/aromatic N) is 2. The zero-order valence-electron chi connectivity index (χ0n) is 16.8. The van der Waals surface area contributed by atoms with Crippen molar-refractivity contribution in [1.82, 2.24) is 4.98 Å². The van der Waals surface area contributed by atoms with Crippen LogP contribution in [0.4, 0.5) is 5.13 Å². The number of amides is 1.